The normalized spacial score (nSPS) is 11.9. The van der Waals surface area contributed by atoms with Crippen LogP contribution in [-0.4, -0.2) is 33.5 Å². The van der Waals surface area contributed by atoms with Gasteiger partial charge in [0.05, 0.1) is 5.75 Å². The third-order valence-electron chi connectivity index (χ3n) is 5.40. The third-order valence-corrected chi connectivity index (χ3v) is 6.99. The number of fused-ring (bicyclic) bond motifs is 1. The van der Waals surface area contributed by atoms with Gasteiger partial charge in [-0.05, 0) is 18.6 Å². The maximum atomic E-state index is 12.5. The minimum Gasteiger partial charge on any atom is -0.306 e. The summed E-state index contributed by atoms with van der Waals surface area (Å²) in [6, 6.07) is 3.84. The molecule has 0 aromatic carbocycles. The summed E-state index contributed by atoms with van der Waals surface area (Å²) in [6.07, 6.45) is 20.4. The van der Waals surface area contributed by atoms with E-state index >= 15 is 0 Å². The molecule has 0 unspecified atom stereocenters. The monoisotopic (exact) mass is 428 g/mol. The summed E-state index contributed by atoms with van der Waals surface area (Å²) in [5, 5.41) is -0.0779. The predicted octanol–water partition coefficient (Wildman–Crippen LogP) is 5.49. The minimum atomic E-state index is -3.43. The van der Waals surface area contributed by atoms with Crippen molar-refractivity contribution in [2.24, 2.45) is 0 Å². The second-order valence-corrected chi connectivity index (χ2v) is 9.87. The van der Waals surface area contributed by atoms with Gasteiger partial charge in [0.1, 0.15) is 5.65 Å². The second kappa shape index (κ2) is 11.2. The fourth-order valence-electron chi connectivity index (χ4n) is 3.59. The van der Waals surface area contributed by atoms with Crippen molar-refractivity contribution in [1.29, 1.82) is 0 Å². The third kappa shape index (κ3) is 6.36. The Bertz CT molecular complexity index is 1010. The highest BCUT2D eigenvalue weighted by atomic mass is 32.2. The number of sulfone groups is 1. The fraction of sp³-hybridized carbons (Fsp3) is 0.522. The summed E-state index contributed by atoms with van der Waals surface area (Å²) in [6.45, 7) is 2.23. The van der Waals surface area contributed by atoms with E-state index in [9.17, 15) is 8.42 Å². The smallest absolute Gasteiger partial charge is 0.247 e. The Kier molecular flexibility index (Phi) is 8.37. The molecule has 0 amide bonds. The van der Waals surface area contributed by atoms with Crippen molar-refractivity contribution in [3.8, 4) is 11.1 Å². The topological polar surface area (TPSA) is 77.2 Å². The molecule has 0 aliphatic carbocycles. The maximum Gasteiger partial charge on any atom is 0.247 e. The molecule has 30 heavy (non-hydrogen) atoms. The number of hydrogen-bond acceptors (Lipinski definition) is 5. The van der Waals surface area contributed by atoms with Crippen LogP contribution in [-0.2, 0) is 9.84 Å². The highest BCUT2D eigenvalue weighted by molar-refractivity contribution is 7.91. The summed E-state index contributed by atoms with van der Waals surface area (Å²) >= 11 is 0. The molecule has 0 bridgehead atoms. The van der Waals surface area contributed by atoms with Gasteiger partial charge in [-0.2, -0.15) is 0 Å². The molecule has 3 heterocycles. The molecule has 3 aromatic heterocycles. The number of rotatable bonds is 13. The van der Waals surface area contributed by atoms with Crippen LogP contribution in [0.3, 0.4) is 0 Å². The Morgan fingerprint density at radius 2 is 1.43 bits per heavy atom. The van der Waals surface area contributed by atoms with E-state index in [-0.39, 0.29) is 10.9 Å². The summed E-state index contributed by atoms with van der Waals surface area (Å²) in [7, 11) is -3.43. The van der Waals surface area contributed by atoms with Crippen molar-refractivity contribution in [1.82, 2.24) is 19.4 Å². The van der Waals surface area contributed by atoms with Crippen LogP contribution >= 0.6 is 0 Å². The predicted molar refractivity (Wildman–Crippen MR) is 120 cm³/mol. The number of imidazole rings is 1. The van der Waals surface area contributed by atoms with Crippen molar-refractivity contribution < 1.29 is 8.42 Å². The molecule has 0 saturated heterocycles. The largest absolute Gasteiger partial charge is 0.306 e. The first-order valence-electron chi connectivity index (χ1n) is 11.1. The van der Waals surface area contributed by atoms with Gasteiger partial charge in [0.15, 0.2) is 0 Å². The Morgan fingerprint density at radius 1 is 0.800 bits per heavy atom. The van der Waals surface area contributed by atoms with Crippen molar-refractivity contribution in [2.75, 3.05) is 5.75 Å². The van der Waals surface area contributed by atoms with E-state index in [0.717, 1.165) is 29.6 Å². The van der Waals surface area contributed by atoms with E-state index in [1.807, 2.05) is 28.9 Å². The van der Waals surface area contributed by atoms with Crippen LogP contribution in [0.15, 0.2) is 48.3 Å². The SMILES string of the molecule is CCCCCCCCCCCCS(=O)(=O)c1ncc(-c2ccc3nccn3c2)cn1. The van der Waals surface area contributed by atoms with Crippen LogP contribution in [0.1, 0.15) is 71.1 Å². The van der Waals surface area contributed by atoms with Gasteiger partial charge in [0, 0.05) is 42.1 Å². The lowest BCUT2D eigenvalue weighted by molar-refractivity contribution is 0.556. The van der Waals surface area contributed by atoms with Gasteiger partial charge >= 0.3 is 0 Å². The Labute approximate surface area is 179 Å². The fourth-order valence-corrected chi connectivity index (χ4v) is 4.78. The lowest BCUT2D eigenvalue weighted by atomic mass is 10.1. The van der Waals surface area contributed by atoms with E-state index < -0.39 is 9.84 Å². The number of pyridine rings is 1. The quantitative estimate of drug-likeness (QED) is 0.266. The molecule has 0 fully saturated rings. The van der Waals surface area contributed by atoms with Crippen LogP contribution in [0.4, 0.5) is 0 Å². The van der Waals surface area contributed by atoms with Gasteiger partial charge in [-0.3, -0.25) is 0 Å². The molecule has 162 valence electrons. The molecule has 0 N–H and O–H groups in total. The lowest BCUT2D eigenvalue weighted by Crippen LogP contribution is -2.11. The molecular formula is C23H32N4O2S. The molecule has 0 atom stereocenters. The maximum absolute atomic E-state index is 12.5. The summed E-state index contributed by atoms with van der Waals surface area (Å²) in [5.74, 6) is 0.115. The second-order valence-electron chi connectivity index (χ2n) is 7.87. The Balaban J connectivity index is 1.43. The summed E-state index contributed by atoms with van der Waals surface area (Å²) in [4.78, 5) is 12.5. The molecule has 0 radical (unpaired) electrons. The Morgan fingerprint density at radius 3 is 2.10 bits per heavy atom. The van der Waals surface area contributed by atoms with Gasteiger partial charge in [0.2, 0.25) is 15.0 Å². The zero-order chi connectivity index (χ0) is 21.2. The molecule has 0 spiro atoms. The molecular weight excluding hydrogens is 396 g/mol. The number of unbranched alkanes of at least 4 members (excludes halogenated alkanes) is 9. The van der Waals surface area contributed by atoms with Crippen LogP contribution < -0.4 is 0 Å². The van der Waals surface area contributed by atoms with E-state index in [1.165, 1.54) is 44.9 Å². The standard InChI is InChI=1S/C23H32N4O2S/c1-2-3-4-5-6-7-8-9-10-11-16-30(28,29)23-25-17-21(18-26-23)20-12-13-22-24-14-15-27(22)19-20/h12-15,17-19H,2-11,16H2,1H3. The van der Waals surface area contributed by atoms with Crippen molar-refractivity contribution in [3.63, 3.8) is 0 Å². The molecule has 0 saturated carbocycles. The average Bonchev–Trinajstić information content (AvgIpc) is 3.23. The zero-order valence-corrected chi connectivity index (χ0v) is 18.6. The van der Waals surface area contributed by atoms with Crippen LogP contribution in [0.2, 0.25) is 0 Å². The lowest BCUT2D eigenvalue weighted by Gasteiger charge is -2.06. The molecule has 3 aromatic rings. The van der Waals surface area contributed by atoms with E-state index in [0.29, 0.717) is 6.42 Å². The van der Waals surface area contributed by atoms with Crippen molar-refractivity contribution >= 4 is 15.5 Å². The molecule has 6 nitrogen and oxygen atoms in total. The highest BCUT2D eigenvalue weighted by Crippen LogP contribution is 2.19. The molecule has 0 aliphatic heterocycles. The van der Waals surface area contributed by atoms with Crippen LogP contribution in [0.5, 0.6) is 0 Å². The average molecular weight is 429 g/mol. The minimum absolute atomic E-state index is 0.0779. The summed E-state index contributed by atoms with van der Waals surface area (Å²) in [5.41, 5.74) is 2.55. The zero-order valence-electron chi connectivity index (χ0n) is 17.8. The van der Waals surface area contributed by atoms with Gasteiger partial charge in [-0.1, -0.05) is 64.7 Å². The first kappa shape index (κ1) is 22.4. The van der Waals surface area contributed by atoms with Crippen molar-refractivity contribution in [2.45, 2.75) is 76.3 Å². The number of hydrogen-bond donors (Lipinski definition) is 0. The van der Waals surface area contributed by atoms with Gasteiger partial charge in [-0.25, -0.2) is 23.4 Å². The van der Waals surface area contributed by atoms with E-state index in [1.54, 1.807) is 18.6 Å². The molecule has 7 heteroatoms. The van der Waals surface area contributed by atoms with E-state index in [4.69, 9.17) is 0 Å². The summed E-state index contributed by atoms with van der Waals surface area (Å²) < 4.78 is 26.9. The molecule has 0 aliphatic rings. The van der Waals surface area contributed by atoms with Gasteiger partial charge < -0.3 is 4.40 Å². The van der Waals surface area contributed by atoms with Crippen LogP contribution in [0.25, 0.3) is 16.8 Å². The van der Waals surface area contributed by atoms with Gasteiger partial charge in [0.25, 0.3) is 0 Å². The molecule has 3 rings (SSSR count). The van der Waals surface area contributed by atoms with Crippen molar-refractivity contribution in [3.05, 3.63) is 43.1 Å². The number of aromatic nitrogens is 4. The Hall–Kier alpha value is -2.28. The first-order valence-corrected chi connectivity index (χ1v) is 12.7. The van der Waals surface area contributed by atoms with Gasteiger partial charge in [-0.15, -0.1) is 0 Å². The first-order chi connectivity index (χ1) is 14.6. The van der Waals surface area contributed by atoms with E-state index in [2.05, 4.69) is 21.9 Å². The van der Waals surface area contributed by atoms with Crippen LogP contribution in [0, 0.1) is 0 Å². The highest BCUT2D eigenvalue weighted by Gasteiger charge is 2.17. The number of nitrogens with zero attached hydrogens (tertiary/aromatic N) is 4.